The SMILES string of the molecule is CCCC1=C(c2cc(SC)cc3ccsc23)N2CCN=C2S1. The largest absolute Gasteiger partial charge is 0.318 e. The molecule has 114 valence electrons. The fourth-order valence-corrected chi connectivity index (χ4v) is 5.74. The van der Waals surface area contributed by atoms with Gasteiger partial charge in [-0.2, -0.15) is 0 Å². The standard InChI is InChI=1S/C17H18N2S3/c1-3-4-14-15(19-7-6-18-17(19)22-14)13-10-12(20-2)9-11-5-8-21-16(11)13/h5,8-10H,3-4,6-7H2,1-2H3. The number of thiophene rings is 1. The average Bonchev–Trinajstić information content (AvgIpc) is 3.21. The molecule has 1 aromatic carbocycles. The van der Waals surface area contributed by atoms with Gasteiger partial charge in [-0.05, 0) is 41.6 Å². The Morgan fingerprint density at radius 3 is 3.09 bits per heavy atom. The van der Waals surface area contributed by atoms with Crippen molar-refractivity contribution in [3.05, 3.63) is 34.0 Å². The van der Waals surface area contributed by atoms with Crippen LogP contribution in [0.2, 0.25) is 0 Å². The van der Waals surface area contributed by atoms with Crippen molar-refractivity contribution in [2.45, 2.75) is 24.7 Å². The molecule has 1 aromatic heterocycles. The van der Waals surface area contributed by atoms with E-state index in [1.165, 1.54) is 42.7 Å². The molecule has 0 amide bonds. The van der Waals surface area contributed by atoms with Gasteiger partial charge in [-0.1, -0.05) is 25.1 Å². The van der Waals surface area contributed by atoms with Gasteiger partial charge in [0.25, 0.3) is 0 Å². The molecule has 0 saturated heterocycles. The molecule has 22 heavy (non-hydrogen) atoms. The van der Waals surface area contributed by atoms with E-state index in [4.69, 9.17) is 0 Å². The number of amidine groups is 1. The van der Waals surface area contributed by atoms with Gasteiger partial charge >= 0.3 is 0 Å². The van der Waals surface area contributed by atoms with Crippen molar-refractivity contribution in [1.82, 2.24) is 4.90 Å². The maximum Gasteiger partial charge on any atom is 0.168 e. The molecule has 2 aliphatic heterocycles. The van der Waals surface area contributed by atoms with Crippen LogP contribution in [0, 0.1) is 0 Å². The van der Waals surface area contributed by atoms with Crippen LogP contribution in [-0.4, -0.2) is 29.4 Å². The van der Waals surface area contributed by atoms with Gasteiger partial charge in [-0.15, -0.1) is 23.1 Å². The van der Waals surface area contributed by atoms with Gasteiger partial charge in [-0.25, -0.2) is 0 Å². The van der Waals surface area contributed by atoms with Crippen LogP contribution in [0.25, 0.3) is 15.8 Å². The van der Waals surface area contributed by atoms with Gasteiger partial charge in [-0.3, -0.25) is 4.99 Å². The third-order valence-electron chi connectivity index (χ3n) is 4.04. The maximum atomic E-state index is 4.68. The molecule has 0 atom stereocenters. The number of hydrogen-bond acceptors (Lipinski definition) is 5. The minimum absolute atomic E-state index is 0.932. The van der Waals surface area contributed by atoms with Crippen LogP contribution in [0.1, 0.15) is 25.3 Å². The van der Waals surface area contributed by atoms with E-state index in [0.29, 0.717) is 0 Å². The second-order valence-electron chi connectivity index (χ2n) is 5.45. The molecule has 0 radical (unpaired) electrons. The Kier molecular flexibility index (Phi) is 3.96. The van der Waals surface area contributed by atoms with Crippen LogP contribution < -0.4 is 0 Å². The zero-order chi connectivity index (χ0) is 15.1. The summed E-state index contributed by atoms with van der Waals surface area (Å²) in [5.41, 5.74) is 2.83. The van der Waals surface area contributed by atoms with Crippen LogP contribution in [-0.2, 0) is 0 Å². The van der Waals surface area contributed by atoms with Crippen molar-refractivity contribution < 1.29 is 0 Å². The van der Waals surface area contributed by atoms with Crippen LogP contribution in [0.4, 0.5) is 0 Å². The molecule has 2 nitrogen and oxygen atoms in total. The van der Waals surface area contributed by atoms with Crippen LogP contribution in [0.15, 0.2) is 38.4 Å². The number of nitrogens with zero attached hydrogens (tertiary/aromatic N) is 2. The van der Waals surface area contributed by atoms with Gasteiger partial charge in [0.1, 0.15) is 0 Å². The zero-order valence-corrected chi connectivity index (χ0v) is 15.2. The van der Waals surface area contributed by atoms with E-state index in [0.717, 1.165) is 19.5 Å². The van der Waals surface area contributed by atoms with Crippen LogP contribution in [0.3, 0.4) is 0 Å². The Bertz CT molecular complexity index is 788. The first-order valence-corrected chi connectivity index (χ1v) is 10.5. The molecule has 5 heteroatoms. The van der Waals surface area contributed by atoms with Crippen molar-refractivity contribution in [3.8, 4) is 0 Å². The lowest BCUT2D eigenvalue weighted by Crippen LogP contribution is -2.20. The topological polar surface area (TPSA) is 15.6 Å². The first kappa shape index (κ1) is 14.7. The molecular formula is C17H18N2S3. The van der Waals surface area contributed by atoms with E-state index in [1.807, 2.05) is 34.9 Å². The highest BCUT2D eigenvalue weighted by molar-refractivity contribution is 8.17. The average molecular weight is 347 g/mol. The molecule has 2 aliphatic rings. The van der Waals surface area contributed by atoms with E-state index < -0.39 is 0 Å². The van der Waals surface area contributed by atoms with Gasteiger partial charge < -0.3 is 4.90 Å². The summed E-state index contributed by atoms with van der Waals surface area (Å²) in [6.07, 6.45) is 4.49. The van der Waals surface area contributed by atoms with E-state index in [9.17, 15) is 0 Å². The Morgan fingerprint density at radius 2 is 2.27 bits per heavy atom. The van der Waals surface area contributed by atoms with Crippen LogP contribution in [0.5, 0.6) is 0 Å². The van der Waals surface area contributed by atoms with E-state index in [2.05, 4.69) is 46.7 Å². The van der Waals surface area contributed by atoms with Gasteiger partial charge in [0.2, 0.25) is 0 Å². The van der Waals surface area contributed by atoms with E-state index in [-0.39, 0.29) is 0 Å². The second-order valence-corrected chi connectivity index (χ2v) is 8.31. The molecule has 0 aliphatic carbocycles. The summed E-state index contributed by atoms with van der Waals surface area (Å²) in [6.45, 7) is 4.22. The number of hydrogen-bond donors (Lipinski definition) is 0. The zero-order valence-electron chi connectivity index (χ0n) is 12.8. The van der Waals surface area contributed by atoms with Crippen molar-refractivity contribution in [2.24, 2.45) is 4.99 Å². The minimum Gasteiger partial charge on any atom is -0.318 e. The molecule has 0 bridgehead atoms. The first-order chi connectivity index (χ1) is 10.8. The van der Waals surface area contributed by atoms with Gasteiger partial charge in [0.15, 0.2) is 5.17 Å². The quantitative estimate of drug-likeness (QED) is 0.679. The fraction of sp³-hybridized carbons (Fsp3) is 0.353. The molecule has 0 spiro atoms. The second kappa shape index (κ2) is 5.95. The predicted molar refractivity (Wildman–Crippen MR) is 102 cm³/mol. The number of benzene rings is 1. The number of aliphatic imine (C=N–C) groups is 1. The molecule has 0 saturated carbocycles. The molecule has 0 unspecified atom stereocenters. The van der Waals surface area contributed by atoms with Crippen molar-refractivity contribution >= 4 is 55.8 Å². The highest BCUT2D eigenvalue weighted by Crippen LogP contribution is 2.46. The predicted octanol–water partition coefficient (Wildman–Crippen LogP) is 5.51. The normalized spacial score (nSPS) is 17.5. The molecule has 2 aromatic rings. The third kappa shape index (κ3) is 2.30. The van der Waals surface area contributed by atoms with Crippen molar-refractivity contribution in [2.75, 3.05) is 19.3 Å². The summed E-state index contributed by atoms with van der Waals surface area (Å²) < 4.78 is 1.41. The lowest BCUT2D eigenvalue weighted by atomic mass is 10.1. The van der Waals surface area contributed by atoms with Crippen molar-refractivity contribution in [1.29, 1.82) is 0 Å². The summed E-state index contributed by atoms with van der Waals surface area (Å²) in [4.78, 5) is 9.96. The Hall–Kier alpha value is -0.910. The van der Waals surface area contributed by atoms with Crippen molar-refractivity contribution in [3.63, 3.8) is 0 Å². The number of rotatable bonds is 4. The maximum absolute atomic E-state index is 4.68. The summed E-state index contributed by atoms with van der Waals surface area (Å²) in [5, 5.41) is 4.78. The monoisotopic (exact) mass is 346 g/mol. The summed E-state index contributed by atoms with van der Waals surface area (Å²) >= 11 is 5.57. The van der Waals surface area contributed by atoms with Crippen LogP contribution >= 0.6 is 34.9 Å². The lowest BCUT2D eigenvalue weighted by molar-refractivity contribution is 0.646. The molecule has 3 heterocycles. The Labute approximate surface area is 143 Å². The molecular weight excluding hydrogens is 328 g/mol. The number of thioether (sulfide) groups is 2. The third-order valence-corrected chi connectivity index (χ3v) is 6.89. The molecule has 0 N–H and O–H groups in total. The highest BCUT2D eigenvalue weighted by Gasteiger charge is 2.33. The number of allylic oxidation sites excluding steroid dienone is 1. The first-order valence-electron chi connectivity index (χ1n) is 7.60. The lowest BCUT2D eigenvalue weighted by Gasteiger charge is -2.19. The van der Waals surface area contributed by atoms with E-state index in [1.54, 1.807) is 0 Å². The van der Waals surface area contributed by atoms with E-state index >= 15 is 0 Å². The van der Waals surface area contributed by atoms with Gasteiger partial charge in [0.05, 0.1) is 12.2 Å². The Balaban J connectivity index is 1.93. The molecule has 0 fully saturated rings. The fourth-order valence-electron chi connectivity index (χ4n) is 3.07. The highest BCUT2D eigenvalue weighted by atomic mass is 32.2. The Morgan fingerprint density at radius 1 is 1.36 bits per heavy atom. The molecule has 4 rings (SSSR count). The smallest absolute Gasteiger partial charge is 0.168 e. The summed E-state index contributed by atoms with van der Waals surface area (Å²) in [7, 11) is 0. The summed E-state index contributed by atoms with van der Waals surface area (Å²) in [6, 6.07) is 6.92. The van der Waals surface area contributed by atoms with Gasteiger partial charge in [0, 0.05) is 26.6 Å². The number of fused-ring (bicyclic) bond motifs is 2. The minimum atomic E-state index is 0.932. The summed E-state index contributed by atoms with van der Waals surface area (Å²) in [5.74, 6) is 0.